The molecule has 0 amide bonds. The number of likely N-dealkylation sites (tertiary alicyclic amines) is 1. The van der Waals surface area contributed by atoms with Crippen molar-refractivity contribution in [2.45, 2.75) is 37.6 Å². The molecule has 1 atom stereocenters. The fourth-order valence-corrected chi connectivity index (χ4v) is 4.23. The summed E-state index contributed by atoms with van der Waals surface area (Å²) in [6.07, 6.45) is 5.87. The van der Waals surface area contributed by atoms with Crippen LogP contribution >= 0.6 is 0 Å². The van der Waals surface area contributed by atoms with Crippen LogP contribution in [0.2, 0.25) is 0 Å². The summed E-state index contributed by atoms with van der Waals surface area (Å²) >= 11 is 0. The molecule has 2 aliphatic rings. The fraction of sp³-hybridized carbons (Fsp3) is 0.444. The SMILES string of the molecule is Nc1ncc2c(n1)C1(CCCN(Cc3cccc(F)c3F)C1)CC2. The number of aromatic nitrogens is 2. The normalized spacial score (nSPS) is 23.6. The van der Waals surface area contributed by atoms with E-state index in [0.717, 1.165) is 50.5 Å². The first-order chi connectivity index (χ1) is 11.6. The molecule has 2 heterocycles. The predicted molar refractivity (Wildman–Crippen MR) is 87.3 cm³/mol. The van der Waals surface area contributed by atoms with Gasteiger partial charge in [-0.05, 0) is 43.9 Å². The highest BCUT2D eigenvalue weighted by Crippen LogP contribution is 2.44. The smallest absolute Gasteiger partial charge is 0.220 e. The average Bonchev–Trinajstić information content (AvgIpc) is 2.90. The van der Waals surface area contributed by atoms with Crippen molar-refractivity contribution in [3.05, 3.63) is 52.9 Å². The number of aryl methyl sites for hydroxylation is 1. The van der Waals surface area contributed by atoms with E-state index in [2.05, 4.69) is 14.9 Å². The Kier molecular flexibility index (Phi) is 3.72. The van der Waals surface area contributed by atoms with Gasteiger partial charge in [-0.2, -0.15) is 0 Å². The van der Waals surface area contributed by atoms with E-state index >= 15 is 0 Å². The van der Waals surface area contributed by atoms with Crippen LogP contribution in [-0.2, 0) is 18.4 Å². The minimum atomic E-state index is -0.786. The Balaban J connectivity index is 1.59. The number of rotatable bonds is 2. The number of piperidine rings is 1. The third-order valence-electron chi connectivity index (χ3n) is 5.34. The van der Waals surface area contributed by atoms with Gasteiger partial charge in [0.05, 0.1) is 5.69 Å². The Bertz CT molecular complexity index is 776. The average molecular weight is 330 g/mol. The van der Waals surface area contributed by atoms with Crippen LogP contribution in [0.4, 0.5) is 14.7 Å². The lowest BCUT2D eigenvalue weighted by Gasteiger charge is -2.40. The minimum Gasteiger partial charge on any atom is -0.368 e. The molecule has 24 heavy (non-hydrogen) atoms. The Morgan fingerprint density at radius 1 is 1.25 bits per heavy atom. The van der Waals surface area contributed by atoms with Crippen LogP contribution < -0.4 is 5.73 Å². The molecule has 0 bridgehead atoms. The van der Waals surface area contributed by atoms with Crippen LogP contribution in [0.3, 0.4) is 0 Å². The summed E-state index contributed by atoms with van der Waals surface area (Å²) in [7, 11) is 0. The summed E-state index contributed by atoms with van der Waals surface area (Å²) in [6.45, 7) is 2.10. The summed E-state index contributed by atoms with van der Waals surface area (Å²) < 4.78 is 27.4. The molecule has 1 fully saturated rings. The van der Waals surface area contributed by atoms with Crippen LogP contribution in [0.1, 0.15) is 36.1 Å². The van der Waals surface area contributed by atoms with E-state index in [-0.39, 0.29) is 5.41 Å². The predicted octanol–water partition coefficient (Wildman–Crippen LogP) is 2.82. The maximum absolute atomic E-state index is 14.0. The van der Waals surface area contributed by atoms with E-state index in [0.29, 0.717) is 18.1 Å². The number of nitrogens with zero attached hydrogens (tertiary/aromatic N) is 3. The summed E-state index contributed by atoms with van der Waals surface area (Å²) in [5.41, 5.74) is 8.39. The minimum absolute atomic E-state index is 0.0333. The highest BCUT2D eigenvalue weighted by Gasteiger charge is 2.43. The zero-order valence-electron chi connectivity index (χ0n) is 13.4. The molecule has 4 rings (SSSR count). The van der Waals surface area contributed by atoms with Crippen LogP contribution in [0.5, 0.6) is 0 Å². The highest BCUT2D eigenvalue weighted by molar-refractivity contribution is 5.37. The molecule has 1 aliphatic carbocycles. The lowest BCUT2D eigenvalue weighted by molar-refractivity contribution is 0.135. The first-order valence-electron chi connectivity index (χ1n) is 8.34. The van der Waals surface area contributed by atoms with Gasteiger partial charge in [0.25, 0.3) is 0 Å². The Hall–Kier alpha value is -2.08. The summed E-state index contributed by atoms with van der Waals surface area (Å²) in [5.74, 6) is -1.22. The van der Waals surface area contributed by atoms with Crippen molar-refractivity contribution in [3.63, 3.8) is 0 Å². The lowest BCUT2D eigenvalue weighted by atomic mass is 9.77. The van der Waals surface area contributed by atoms with E-state index in [1.165, 1.54) is 5.56 Å². The van der Waals surface area contributed by atoms with Crippen LogP contribution in [0.15, 0.2) is 24.4 Å². The summed E-state index contributed by atoms with van der Waals surface area (Å²) in [5, 5.41) is 0. The molecule has 1 aromatic carbocycles. The topological polar surface area (TPSA) is 55.0 Å². The molecule has 2 aromatic rings. The van der Waals surface area contributed by atoms with Crippen molar-refractivity contribution in [2.75, 3.05) is 18.8 Å². The standard InChI is InChI=1S/C18H20F2N4/c19-14-4-1-3-13(15(14)20)10-24-8-2-6-18(11-24)7-5-12-9-22-17(21)23-16(12)18/h1,3-4,9H,2,5-8,10-11H2,(H2,21,22,23). The van der Waals surface area contributed by atoms with Crippen molar-refractivity contribution in [1.82, 2.24) is 14.9 Å². The first-order valence-corrected chi connectivity index (χ1v) is 8.34. The molecular formula is C18H20F2N4. The van der Waals surface area contributed by atoms with Gasteiger partial charge in [-0.1, -0.05) is 12.1 Å². The third kappa shape index (κ3) is 2.55. The van der Waals surface area contributed by atoms with E-state index in [1.807, 2.05) is 6.20 Å². The van der Waals surface area contributed by atoms with E-state index in [9.17, 15) is 8.78 Å². The van der Waals surface area contributed by atoms with Crippen molar-refractivity contribution >= 4 is 5.95 Å². The molecule has 1 spiro atoms. The van der Waals surface area contributed by atoms with Gasteiger partial charge in [-0.3, -0.25) is 4.90 Å². The largest absolute Gasteiger partial charge is 0.368 e. The molecule has 1 aliphatic heterocycles. The number of halogens is 2. The van der Waals surface area contributed by atoms with Crippen LogP contribution in [-0.4, -0.2) is 28.0 Å². The molecule has 0 saturated carbocycles. The monoisotopic (exact) mass is 330 g/mol. The molecule has 1 aromatic heterocycles. The van der Waals surface area contributed by atoms with E-state index in [1.54, 1.807) is 12.1 Å². The number of hydrogen-bond acceptors (Lipinski definition) is 4. The Morgan fingerprint density at radius 2 is 2.12 bits per heavy atom. The lowest BCUT2D eigenvalue weighted by Crippen LogP contribution is -2.45. The molecular weight excluding hydrogens is 310 g/mol. The van der Waals surface area contributed by atoms with E-state index < -0.39 is 11.6 Å². The van der Waals surface area contributed by atoms with Gasteiger partial charge < -0.3 is 5.73 Å². The number of nitrogen functional groups attached to an aromatic ring is 1. The van der Waals surface area contributed by atoms with Gasteiger partial charge in [-0.25, -0.2) is 18.7 Å². The second kappa shape index (κ2) is 5.77. The van der Waals surface area contributed by atoms with Crippen molar-refractivity contribution in [2.24, 2.45) is 0 Å². The van der Waals surface area contributed by atoms with Crippen molar-refractivity contribution < 1.29 is 8.78 Å². The number of nitrogens with two attached hydrogens (primary N) is 1. The van der Waals surface area contributed by atoms with Gasteiger partial charge in [0.2, 0.25) is 5.95 Å². The third-order valence-corrected chi connectivity index (χ3v) is 5.34. The van der Waals surface area contributed by atoms with E-state index in [4.69, 9.17) is 5.73 Å². The van der Waals surface area contributed by atoms with Crippen molar-refractivity contribution in [1.29, 1.82) is 0 Å². The van der Waals surface area contributed by atoms with Crippen LogP contribution in [0.25, 0.3) is 0 Å². The number of anilines is 1. The second-order valence-corrected chi connectivity index (χ2v) is 6.91. The zero-order valence-corrected chi connectivity index (χ0v) is 13.4. The molecule has 1 saturated heterocycles. The van der Waals surface area contributed by atoms with Gasteiger partial charge in [0.15, 0.2) is 11.6 Å². The summed E-state index contributed by atoms with van der Waals surface area (Å²) in [6, 6.07) is 4.37. The first kappa shape index (κ1) is 15.4. The summed E-state index contributed by atoms with van der Waals surface area (Å²) in [4.78, 5) is 10.8. The Morgan fingerprint density at radius 3 is 3.00 bits per heavy atom. The van der Waals surface area contributed by atoms with Gasteiger partial charge in [-0.15, -0.1) is 0 Å². The zero-order chi connectivity index (χ0) is 16.7. The fourth-order valence-electron chi connectivity index (χ4n) is 4.23. The van der Waals surface area contributed by atoms with Crippen LogP contribution in [0, 0.1) is 11.6 Å². The highest BCUT2D eigenvalue weighted by atomic mass is 19.2. The Labute approximate surface area is 139 Å². The second-order valence-electron chi connectivity index (χ2n) is 6.91. The molecule has 6 heteroatoms. The van der Waals surface area contributed by atoms with Gasteiger partial charge in [0, 0.05) is 30.3 Å². The maximum atomic E-state index is 14.0. The number of benzene rings is 1. The van der Waals surface area contributed by atoms with Gasteiger partial charge >= 0.3 is 0 Å². The molecule has 126 valence electrons. The molecule has 1 unspecified atom stereocenters. The molecule has 2 N–H and O–H groups in total. The number of fused-ring (bicyclic) bond motifs is 2. The molecule has 0 radical (unpaired) electrons. The number of hydrogen-bond donors (Lipinski definition) is 1. The van der Waals surface area contributed by atoms with Gasteiger partial charge in [0.1, 0.15) is 0 Å². The maximum Gasteiger partial charge on any atom is 0.220 e. The quantitative estimate of drug-likeness (QED) is 0.920. The van der Waals surface area contributed by atoms with Crippen molar-refractivity contribution in [3.8, 4) is 0 Å². The molecule has 4 nitrogen and oxygen atoms in total.